The Balaban J connectivity index is 1.23. The Bertz CT molecular complexity index is 886. The van der Waals surface area contributed by atoms with E-state index in [4.69, 9.17) is 0 Å². The van der Waals surface area contributed by atoms with Crippen LogP contribution < -0.4 is 5.32 Å². The summed E-state index contributed by atoms with van der Waals surface area (Å²) in [6, 6.07) is 7.85. The van der Waals surface area contributed by atoms with E-state index in [1.54, 1.807) is 6.92 Å². The van der Waals surface area contributed by atoms with Crippen LogP contribution in [0.2, 0.25) is 0 Å². The van der Waals surface area contributed by atoms with Gasteiger partial charge in [0.25, 0.3) is 0 Å². The van der Waals surface area contributed by atoms with Gasteiger partial charge in [0.15, 0.2) is 0 Å². The van der Waals surface area contributed by atoms with Crippen LogP contribution in [-0.2, 0) is 4.79 Å². The van der Waals surface area contributed by atoms with Crippen molar-refractivity contribution in [3.8, 4) is 0 Å². The highest BCUT2D eigenvalue weighted by atomic mass is 16.2. The maximum atomic E-state index is 12.6. The van der Waals surface area contributed by atoms with E-state index in [9.17, 15) is 9.59 Å². The van der Waals surface area contributed by atoms with Gasteiger partial charge in [-0.15, -0.1) is 0 Å². The summed E-state index contributed by atoms with van der Waals surface area (Å²) in [7, 11) is 0. The quantitative estimate of drug-likeness (QED) is 0.684. The molecule has 1 aromatic rings. The van der Waals surface area contributed by atoms with Crippen molar-refractivity contribution in [1.82, 2.24) is 14.7 Å². The topological polar surface area (TPSA) is 55.9 Å². The lowest BCUT2D eigenvalue weighted by Gasteiger charge is -2.57. The van der Waals surface area contributed by atoms with Crippen LogP contribution in [-0.4, -0.2) is 72.5 Å². The number of hydrogen-bond donors (Lipinski definition) is 1. The zero-order valence-electron chi connectivity index (χ0n) is 20.1. The Kier molecular flexibility index (Phi) is 6.61. The molecule has 32 heavy (non-hydrogen) atoms. The van der Waals surface area contributed by atoms with Crippen molar-refractivity contribution in [3.05, 3.63) is 41.5 Å². The number of hydrogen-bond acceptors (Lipinski definition) is 3. The molecule has 1 aromatic carbocycles. The molecule has 1 heterocycles. The SMILES string of the molecule is CC(=O)N(CCN1CCN(C(=O)Nc2cccc(C)c2)CC1)CC1=CCC2CC1C2(C)C. The average molecular weight is 439 g/mol. The standard InChI is InChI=1S/C26H38N4O2/c1-19-6-5-7-23(16-19)27-25(32)29-13-10-28(11-14-29)12-15-30(20(2)31)18-21-8-9-22-17-24(21)26(22,3)4/h5-8,16,22,24H,9-15,17-18H2,1-4H3,(H,27,32). The predicted molar refractivity (Wildman–Crippen MR) is 129 cm³/mol. The summed E-state index contributed by atoms with van der Waals surface area (Å²) < 4.78 is 0. The van der Waals surface area contributed by atoms with Gasteiger partial charge in [-0.05, 0) is 54.7 Å². The van der Waals surface area contributed by atoms with Gasteiger partial charge in [-0.1, -0.05) is 37.6 Å². The molecule has 5 rings (SSSR count). The van der Waals surface area contributed by atoms with Gasteiger partial charge >= 0.3 is 6.03 Å². The molecule has 2 bridgehead atoms. The number of amides is 3. The van der Waals surface area contributed by atoms with E-state index in [2.05, 4.69) is 30.1 Å². The summed E-state index contributed by atoms with van der Waals surface area (Å²) in [6.07, 6.45) is 4.85. The summed E-state index contributed by atoms with van der Waals surface area (Å²) in [5.74, 6) is 1.61. The molecule has 1 saturated carbocycles. The number of fused-ring (bicyclic) bond motifs is 1. The van der Waals surface area contributed by atoms with Gasteiger partial charge in [-0.3, -0.25) is 9.69 Å². The molecule has 174 valence electrons. The third-order valence-electron chi connectivity index (χ3n) is 8.02. The average Bonchev–Trinajstić information content (AvgIpc) is 2.76. The number of anilines is 1. The maximum absolute atomic E-state index is 12.6. The van der Waals surface area contributed by atoms with Crippen LogP contribution in [0.4, 0.5) is 10.5 Å². The Morgan fingerprint density at radius 1 is 1.19 bits per heavy atom. The molecule has 1 saturated heterocycles. The molecular formula is C26H38N4O2. The zero-order chi connectivity index (χ0) is 22.9. The van der Waals surface area contributed by atoms with E-state index in [1.807, 2.05) is 41.0 Å². The Morgan fingerprint density at radius 2 is 1.94 bits per heavy atom. The third kappa shape index (κ3) is 4.85. The largest absolute Gasteiger partial charge is 0.338 e. The van der Waals surface area contributed by atoms with E-state index in [1.165, 1.54) is 12.0 Å². The molecular weight excluding hydrogens is 400 g/mol. The molecule has 3 aliphatic carbocycles. The molecule has 2 atom stereocenters. The monoisotopic (exact) mass is 438 g/mol. The highest BCUT2D eigenvalue weighted by Crippen LogP contribution is 2.59. The maximum Gasteiger partial charge on any atom is 0.321 e. The van der Waals surface area contributed by atoms with E-state index in [0.717, 1.165) is 56.3 Å². The van der Waals surface area contributed by atoms with Gasteiger partial charge in [0.2, 0.25) is 5.91 Å². The molecule has 3 amide bonds. The lowest BCUT2D eigenvalue weighted by Crippen LogP contribution is -2.52. The van der Waals surface area contributed by atoms with Crippen molar-refractivity contribution in [2.45, 2.75) is 40.5 Å². The molecule has 0 spiro atoms. The van der Waals surface area contributed by atoms with Crippen LogP contribution in [0, 0.1) is 24.2 Å². The number of urea groups is 1. The number of allylic oxidation sites excluding steroid dienone is 1. The second kappa shape index (κ2) is 9.26. The van der Waals surface area contributed by atoms with E-state index < -0.39 is 0 Å². The smallest absolute Gasteiger partial charge is 0.321 e. The van der Waals surface area contributed by atoms with Crippen molar-refractivity contribution in [3.63, 3.8) is 0 Å². The second-order valence-electron chi connectivity index (χ2n) is 10.4. The number of nitrogens with one attached hydrogen (secondary N) is 1. The molecule has 2 fully saturated rings. The van der Waals surface area contributed by atoms with Gasteiger partial charge in [-0.2, -0.15) is 0 Å². The first kappa shape index (κ1) is 22.8. The van der Waals surface area contributed by atoms with Crippen LogP contribution in [0.15, 0.2) is 35.9 Å². The lowest BCUT2D eigenvalue weighted by atomic mass is 9.49. The molecule has 6 heteroatoms. The summed E-state index contributed by atoms with van der Waals surface area (Å²) in [6.45, 7) is 13.9. The first-order valence-electron chi connectivity index (χ1n) is 12.0. The Hall–Kier alpha value is -2.34. The molecule has 6 nitrogen and oxygen atoms in total. The van der Waals surface area contributed by atoms with Crippen LogP contribution in [0.3, 0.4) is 0 Å². The van der Waals surface area contributed by atoms with Crippen molar-refractivity contribution in [1.29, 1.82) is 0 Å². The fourth-order valence-electron chi connectivity index (χ4n) is 5.59. The first-order chi connectivity index (χ1) is 15.2. The third-order valence-corrected chi connectivity index (χ3v) is 8.02. The summed E-state index contributed by atoms with van der Waals surface area (Å²) in [4.78, 5) is 31.2. The van der Waals surface area contributed by atoms with Crippen molar-refractivity contribution in [2.75, 3.05) is 51.1 Å². The van der Waals surface area contributed by atoms with Crippen molar-refractivity contribution in [2.24, 2.45) is 17.3 Å². The molecule has 0 radical (unpaired) electrons. The number of carbonyl (C=O) groups is 2. The zero-order valence-corrected chi connectivity index (χ0v) is 20.1. The van der Waals surface area contributed by atoms with Crippen LogP contribution in [0.1, 0.15) is 39.2 Å². The number of benzene rings is 1. The van der Waals surface area contributed by atoms with Gasteiger partial charge in [0.1, 0.15) is 0 Å². The molecule has 1 N–H and O–H groups in total. The minimum Gasteiger partial charge on any atom is -0.338 e. The first-order valence-corrected chi connectivity index (χ1v) is 12.0. The van der Waals surface area contributed by atoms with Crippen LogP contribution in [0.5, 0.6) is 0 Å². The van der Waals surface area contributed by atoms with E-state index in [-0.39, 0.29) is 11.9 Å². The Morgan fingerprint density at radius 3 is 2.56 bits per heavy atom. The van der Waals surface area contributed by atoms with Crippen molar-refractivity contribution < 1.29 is 9.59 Å². The number of nitrogens with zero attached hydrogens (tertiary/aromatic N) is 3. The fraction of sp³-hybridized carbons (Fsp3) is 0.615. The highest BCUT2D eigenvalue weighted by molar-refractivity contribution is 5.89. The number of aryl methyl sites for hydroxylation is 1. The second-order valence-corrected chi connectivity index (χ2v) is 10.4. The van der Waals surface area contributed by atoms with Gasteiger partial charge in [0, 0.05) is 58.4 Å². The molecule has 4 aliphatic rings. The normalized spacial score (nSPS) is 24.4. The van der Waals surface area contributed by atoms with Crippen LogP contribution >= 0.6 is 0 Å². The van der Waals surface area contributed by atoms with Gasteiger partial charge in [0.05, 0.1) is 0 Å². The lowest BCUT2D eigenvalue weighted by molar-refractivity contribution is -0.129. The van der Waals surface area contributed by atoms with Crippen LogP contribution in [0.25, 0.3) is 0 Å². The number of rotatable bonds is 6. The van der Waals surface area contributed by atoms with Gasteiger partial charge in [-0.25, -0.2) is 4.79 Å². The minimum atomic E-state index is -0.0359. The molecule has 1 aliphatic heterocycles. The highest BCUT2D eigenvalue weighted by Gasteiger charge is 2.51. The summed E-state index contributed by atoms with van der Waals surface area (Å²) in [5, 5.41) is 3.00. The predicted octanol–water partition coefficient (Wildman–Crippen LogP) is 3.99. The van der Waals surface area contributed by atoms with E-state index in [0.29, 0.717) is 24.4 Å². The van der Waals surface area contributed by atoms with Crippen molar-refractivity contribution >= 4 is 17.6 Å². The van der Waals surface area contributed by atoms with Gasteiger partial charge < -0.3 is 15.1 Å². The number of piperazine rings is 1. The van der Waals surface area contributed by atoms with E-state index >= 15 is 0 Å². The molecule has 0 aromatic heterocycles. The molecule has 2 unspecified atom stereocenters. The summed E-state index contributed by atoms with van der Waals surface area (Å²) >= 11 is 0. The minimum absolute atomic E-state index is 0.0359. The number of carbonyl (C=O) groups excluding carboxylic acids is 2. The fourth-order valence-corrected chi connectivity index (χ4v) is 5.59. The Labute approximate surface area is 192 Å². The summed E-state index contributed by atoms with van der Waals surface area (Å²) in [5.41, 5.74) is 3.83.